The summed E-state index contributed by atoms with van der Waals surface area (Å²) in [6.45, 7) is 2.07. The number of ether oxygens (including phenoxy) is 2. The molecule has 14 heteroatoms. The van der Waals surface area contributed by atoms with Gasteiger partial charge < -0.3 is 35.4 Å². The van der Waals surface area contributed by atoms with E-state index in [1.165, 1.54) is 24.2 Å². The van der Waals surface area contributed by atoms with Gasteiger partial charge in [0.2, 0.25) is 11.8 Å². The number of aliphatic carboxylic acids is 1. The Labute approximate surface area is 337 Å². The molecule has 1 saturated heterocycles. The number of carboxylic acids is 1. The van der Waals surface area contributed by atoms with Gasteiger partial charge in [0, 0.05) is 35.2 Å². The maximum Gasteiger partial charge on any atom is 0.408 e. The van der Waals surface area contributed by atoms with Gasteiger partial charge in [-0.15, -0.1) is 11.3 Å². The maximum absolute atomic E-state index is 14.6. The lowest BCUT2D eigenvalue weighted by atomic mass is 9.96. The van der Waals surface area contributed by atoms with E-state index >= 15 is 0 Å². The number of fused-ring (bicyclic) bond motifs is 3. The number of amides is 3. The summed E-state index contributed by atoms with van der Waals surface area (Å²) in [6, 6.07) is 6.31. The van der Waals surface area contributed by atoms with Crippen LogP contribution in [-0.4, -0.2) is 86.3 Å². The van der Waals surface area contributed by atoms with Crippen LogP contribution in [0.4, 0.5) is 9.93 Å². The fourth-order valence-electron chi connectivity index (χ4n) is 9.07. The molecule has 3 aromatic rings. The first-order valence-corrected chi connectivity index (χ1v) is 21.8. The number of carbonyl (C=O) groups excluding carboxylic acids is 3. The second kappa shape index (κ2) is 17.0. The van der Waals surface area contributed by atoms with Crippen molar-refractivity contribution in [3.63, 3.8) is 0 Å². The minimum Gasteiger partial charge on any atom is -0.488 e. The minimum absolute atomic E-state index is 0.0628. The smallest absolute Gasteiger partial charge is 0.408 e. The highest BCUT2D eigenvalue weighted by molar-refractivity contribution is 7.14. The van der Waals surface area contributed by atoms with E-state index in [2.05, 4.69) is 16.0 Å². The fourth-order valence-corrected chi connectivity index (χ4v) is 9.86. The van der Waals surface area contributed by atoms with Gasteiger partial charge in [0.25, 0.3) is 0 Å². The Morgan fingerprint density at radius 3 is 2.53 bits per heavy atom. The molecule has 0 bridgehead atoms. The topological polar surface area (TPSA) is 172 Å². The number of carboxylic acid groups (broad SMARTS) is 1. The summed E-state index contributed by atoms with van der Waals surface area (Å²) in [4.78, 5) is 66.0. The standard InChI is InChI=1S/C43H54N6O7S/c1-26-18-19-31-33(20-26)45-34(35-25-57-41(46-35)44-28-13-7-5-8-14-28)22-37(31)55-30-21-36-38(50)48-43(40(52)53)23-27(43)12-6-3-2-4-9-17-32(39(51)49(36)24-30)47-42(54)56-29-15-10-11-16-29/h6,12,18-20,22,25,27-30,32,36H,2-5,7-11,13-17,21,23-24H2,1H3,(H,44,46)(H,47,54)(H,48,50)(H,52,53)/b12-6-/t27-,30-,32?,36+,43-/m1/s1. The fraction of sp³-hybridized carbons (Fsp3) is 0.581. The third-order valence-corrected chi connectivity index (χ3v) is 13.2. The quantitative estimate of drug-likeness (QED) is 0.170. The van der Waals surface area contributed by atoms with Gasteiger partial charge >= 0.3 is 12.1 Å². The molecule has 4 fully saturated rings. The van der Waals surface area contributed by atoms with Gasteiger partial charge in [-0.05, 0) is 88.8 Å². The van der Waals surface area contributed by atoms with Crippen molar-refractivity contribution >= 4 is 51.2 Å². The van der Waals surface area contributed by atoms with Crippen LogP contribution in [-0.2, 0) is 19.1 Å². The number of hydrogen-bond acceptors (Lipinski definition) is 10. The van der Waals surface area contributed by atoms with Gasteiger partial charge in [-0.1, -0.05) is 50.3 Å². The molecule has 57 heavy (non-hydrogen) atoms. The average Bonchev–Trinajstić information content (AvgIpc) is 3.62. The van der Waals surface area contributed by atoms with Crippen LogP contribution in [0.15, 0.2) is 41.8 Å². The first kappa shape index (κ1) is 39.1. The van der Waals surface area contributed by atoms with E-state index in [-0.39, 0.29) is 31.4 Å². The third-order valence-electron chi connectivity index (χ3n) is 12.4. The Morgan fingerprint density at radius 1 is 0.947 bits per heavy atom. The molecule has 8 rings (SSSR count). The molecule has 0 spiro atoms. The lowest BCUT2D eigenvalue weighted by Gasteiger charge is -2.29. The number of aryl methyl sites for hydroxylation is 1. The summed E-state index contributed by atoms with van der Waals surface area (Å²) in [5.41, 5.74) is 1.72. The van der Waals surface area contributed by atoms with Crippen LogP contribution in [0.2, 0.25) is 0 Å². The summed E-state index contributed by atoms with van der Waals surface area (Å²) in [6.07, 6.45) is 15.9. The zero-order chi connectivity index (χ0) is 39.5. The molecular formula is C43H54N6O7S. The molecule has 1 aromatic carbocycles. The summed E-state index contributed by atoms with van der Waals surface area (Å²) in [7, 11) is 0. The van der Waals surface area contributed by atoms with Crippen LogP contribution in [0.5, 0.6) is 5.75 Å². The number of carbonyl (C=O) groups is 4. The van der Waals surface area contributed by atoms with E-state index in [1.807, 2.05) is 48.7 Å². The lowest BCUT2D eigenvalue weighted by molar-refractivity contribution is -0.145. The van der Waals surface area contributed by atoms with Crippen molar-refractivity contribution in [2.24, 2.45) is 5.92 Å². The second-order valence-electron chi connectivity index (χ2n) is 16.7. The molecule has 13 nitrogen and oxygen atoms in total. The Hall–Kier alpha value is -4.72. The Balaban J connectivity index is 1.08. The predicted octanol–water partition coefficient (Wildman–Crippen LogP) is 7.28. The predicted molar refractivity (Wildman–Crippen MR) is 217 cm³/mol. The number of aromatic nitrogens is 2. The third kappa shape index (κ3) is 8.90. The summed E-state index contributed by atoms with van der Waals surface area (Å²) < 4.78 is 12.5. The number of benzene rings is 1. The zero-order valence-corrected chi connectivity index (χ0v) is 33.5. The number of rotatable bonds is 8. The highest BCUT2D eigenvalue weighted by atomic mass is 32.1. The van der Waals surface area contributed by atoms with Crippen LogP contribution in [0.1, 0.15) is 108 Å². The number of alkyl carbamates (subject to hydrolysis) is 1. The molecule has 4 N–H and O–H groups in total. The van der Waals surface area contributed by atoms with E-state index in [0.29, 0.717) is 30.3 Å². The molecule has 1 unspecified atom stereocenters. The number of nitrogens with zero attached hydrogens (tertiary/aromatic N) is 3. The first-order chi connectivity index (χ1) is 27.6. The SMILES string of the molecule is Cc1ccc2c(O[C@@H]3C[C@H]4C(=O)N[C@]5(C(=O)O)C[C@H]5/C=C\CCCCCC(NC(=O)OC5CCCC5)C(=O)N4C3)cc(-c3csc(NC4CCCCC4)n3)nc2c1. The Morgan fingerprint density at radius 2 is 1.72 bits per heavy atom. The van der Waals surface area contributed by atoms with Crippen molar-refractivity contribution < 1.29 is 33.8 Å². The molecule has 5 aliphatic rings. The van der Waals surface area contributed by atoms with Gasteiger partial charge in [0.05, 0.1) is 17.8 Å². The Bertz CT molecular complexity index is 2010. The van der Waals surface area contributed by atoms with Crippen molar-refractivity contribution in [2.75, 3.05) is 11.9 Å². The highest BCUT2D eigenvalue weighted by Gasteiger charge is 2.61. The van der Waals surface area contributed by atoms with Crippen molar-refractivity contribution in [2.45, 2.75) is 146 Å². The van der Waals surface area contributed by atoms with Crippen LogP contribution in [0, 0.1) is 12.8 Å². The number of thiazole rings is 1. The van der Waals surface area contributed by atoms with Gasteiger partial charge in [0.1, 0.15) is 41.3 Å². The highest BCUT2D eigenvalue weighted by Crippen LogP contribution is 2.45. The normalized spacial score (nSPS) is 28.1. The molecule has 2 aliphatic heterocycles. The molecular weight excluding hydrogens is 745 g/mol. The van der Waals surface area contributed by atoms with E-state index in [4.69, 9.17) is 19.4 Å². The summed E-state index contributed by atoms with van der Waals surface area (Å²) in [5, 5.41) is 23.2. The molecule has 3 saturated carbocycles. The average molecular weight is 799 g/mol. The molecule has 5 atom stereocenters. The number of pyridine rings is 1. The molecule has 3 amide bonds. The van der Waals surface area contributed by atoms with Gasteiger partial charge in [-0.3, -0.25) is 9.59 Å². The largest absolute Gasteiger partial charge is 0.488 e. The Kier molecular flexibility index (Phi) is 11.7. The number of hydrogen-bond donors (Lipinski definition) is 4. The number of allylic oxidation sites excluding steroid dienone is 1. The van der Waals surface area contributed by atoms with Crippen LogP contribution in [0.25, 0.3) is 22.3 Å². The minimum atomic E-state index is -1.43. The maximum atomic E-state index is 14.6. The summed E-state index contributed by atoms with van der Waals surface area (Å²) in [5.74, 6) is -1.85. The van der Waals surface area contributed by atoms with Gasteiger partial charge in [0.15, 0.2) is 5.13 Å². The zero-order valence-electron chi connectivity index (χ0n) is 32.7. The van der Waals surface area contributed by atoms with Crippen molar-refractivity contribution in [3.05, 3.63) is 47.4 Å². The van der Waals surface area contributed by atoms with Crippen LogP contribution >= 0.6 is 11.3 Å². The molecule has 0 radical (unpaired) electrons. The van der Waals surface area contributed by atoms with Gasteiger partial charge in [-0.25, -0.2) is 19.6 Å². The molecule has 4 heterocycles. The lowest BCUT2D eigenvalue weighted by Crippen LogP contribution is -2.56. The number of nitrogens with one attached hydrogen (secondary N) is 3. The van der Waals surface area contributed by atoms with Crippen LogP contribution < -0.4 is 20.7 Å². The van der Waals surface area contributed by atoms with Crippen molar-refractivity contribution in [3.8, 4) is 17.1 Å². The van der Waals surface area contributed by atoms with Crippen LogP contribution in [0.3, 0.4) is 0 Å². The second-order valence-corrected chi connectivity index (χ2v) is 17.5. The van der Waals surface area contributed by atoms with E-state index in [1.54, 1.807) is 11.3 Å². The van der Waals surface area contributed by atoms with Crippen molar-refractivity contribution in [1.29, 1.82) is 0 Å². The van der Waals surface area contributed by atoms with E-state index in [9.17, 15) is 24.3 Å². The monoisotopic (exact) mass is 798 g/mol. The molecule has 3 aliphatic carbocycles. The number of anilines is 1. The summed E-state index contributed by atoms with van der Waals surface area (Å²) >= 11 is 1.55. The van der Waals surface area contributed by atoms with Gasteiger partial charge in [-0.2, -0.15) is 0 Å². The van der Waals surface area contributed by atoms with Crippen molar-refractivity contribution in [1.82, 2.24) is 25.5 Å². The van der Waals surface area contributed by atoms with E-state index in [0.717, 1.165) is 85.1 Å². The first-order valence-electron chi connectivity index (χ1n) is 21.0. The molecule has 2 aromatic heterocycles. The molecule has 304 valence electrons. The van der Waals surface area contributed by atoms with E-state index < -0.39 is 47.6 Å².